The molecule has 3 rings (SSSR count). The van der Waals surface area contributed by atoms with E-state index in [-0.39, 0.29) is 17.9 Å². The number of nitrogens with zero attached hydrogens (tertiary/aromatic N) is 1. The first kappa shape index (κ1) is 22.4. The minimum atomic E-state index is -0.956. The van der Waals surface area contributed by atoms with Crippen LogP contribution in [0.3, 0.4) is 0 Å². The van der Waals surface area contributed by atoms with Crippen molar-refractivity contribution in [3.05, 3.63) is 57.8 Å². The summed E-state index contributed by atoms with van der Waals surface area (Å²) in [5, 5.41) is 7.45. The van der Waals surface area contributed by atoms with E-state index in [1.165, 1.54) is 10.9 Å². The van der Waals surface area contributed by atoms with Gasteiger partial charge in [0.15, 0.2) is 0 Å². The molecule has 0 radical (unpaired) electrons. The molecule has 1 aromatic carbocycles. The first-order chi connectivity index (χ1) is 14.4. The van der Waals surface area contributed by atoms with Crippen molar-refractivity contribution in [3.8, 4) is 0 Å². The van der Waals surface area contributed by atoms with Crippen LogP contribution in [-0.2, 0) is 4.79 Å². The standard InChI is InChI=1S/C22H27F2N3O2S/c1-14(2)20(26-21(28)19-15(23)7-5-8-16(19)24)22(29)25-13-17(18-9-6-12-30-18)27-10-3-4-11-27/h5-9,12,14,17,20H,3-4,10-11,13H2,1-2H3,(H,25,29)(H,26,28)/t17-,20-/m0/s1. The molecule has 0 spiro atoms. The minimum absolute atomic E-state index is 0.0731. The number of hydrogen-bond donors (Lipinski definition) is 2. The van der Waals surface area contributed by atoms with E-state index in [2.05, 4.69) is 21.6 Å². The quantitative estimate of drug-likeness (QED) is 0.664. The maximum absolute atomic E-state index is 13.9. The summed E-state index contributed by atoms with van der Waals surface area (Å²) < 4.78 is 27.9. The molecule has 1 fully saturated rings. The fraction of sp³-hybridized carbons (Fsp3) is 0.455. The van der Waals surface area contributed by atoms with E-state index in [0.717, 1.165) is 38.1 Å². The van der Waals surface area contributed by atoms with Crippen molar-refractivity contribution in [1.82, 2.24) is 15.5 Å². The SMILES string of the molecule is CC(C)[C@H](NC(=O)c1c(F)cccc1F)C(=O)NC[C@@H](c1cccs1)N1CCCC1. The van der Waals surface area contributed by atoms with Crippen LogP contribution >= 0.6 is 11.3 Å². The van der Waals surface area contributed by atoms with Crippen molar-refractivity contribution >= 4 is 23.2 Å². The van der Waals surface area contributed by atoms with Gasteiger partial charge in [-0.15, -0.1) is 11.3 Å². The van der Waals surface area contributed by atoms with Crippen LogP contribution in [0.5, 0.6) is 0 Å². The van der Waals surface area contributed by atoms with Gasteiger partial charge in [0.2, 0.25) is 5.91 Å². The van der Waals surface area contributed by atoms with Gasteiger partial charge in [0.1, 0.15) is 23.2 Å². The number of nitrogens with one attached hydrogen (secondary N) is 2. The smallest absolute Gasteiger partial charge is 0.257 e. The highest BCUT2D eigenvalue weighted by Gasteiger charge is 2.29. The molecule has 30 heavy (non-hydrogen) atoms. The maximum Gasteiger partial charge on any atom is 0.257 e. The van der Waals surface area contributed by atoms with Gasteiger partial charge in [0.05, 0.1) is 6.04 Å². The summed E-state index contributed by atoms with van der Waals surface area (Å²) in [4.78, 5) is 28.9. The second-order valence-corrected chi connectivity index (χ2v) is 8.79. The van der Waals surface area contributed by atoms with Gasteiger partial charge in [-0.25, -0.2) is 8.78 Å². The van der Waals surface area contributed by atoms with Gasteiger partial charge >= 0.3 is 0 Å². The van der Waals surface area contributed by atoms with Gasteiger partial charge in [-0.1, -0.05) is 26.0 Å². The van der Waals surface area contributed by atoms with Crippen molar-refractivity contribution < 1.29 is 18.4 Å². The Morgan fingerprint density at radius 3 is 2.33 bits per heavy atom. The lowest BCUT2D eigenvalue weighted by atomic mass is 10.0. The predicted molar refractivity (Wildman–Crippen MR) is 113 cm³/mol. The summed E-state index contributed by atoms with van der Waals surface area (Å²) in [5.74, 6) is -3.47. The minimum Gasteiger partial charge on any atom is -0.352 e. The van der Waals surface area contributed by atoms with E-state index in [4.69, 9.17) is 0 Å². The van der Waals surface area contributed by atoms with Crippen molar-refractivity contribution in [1.29, 1.82) is 0 Å². The number of rotatable bonds is 8. The van der Waals surface area contributed by atoms with Crippen molar-refractivity contribution in [2.24, 2.45) is 5.92 Å². The molecule has 2 amide bonds. The molecule has 2 atom stereocenters. The summed E-state index contributed by atoms with van der Waals surface area (Å²) >= 11 is 1.65. The van der Waals surface area contributed by atoms with Crippen LogP contribution in [-0.4, -0.2) is 42.4 Å². The maximum atomic E-state index is 13.9. The Kier molecular flexibility index (Phi) is 7.55. The van der Waals surface area contributed by atoms with Gasteiger partial charge in [-0.05, 0) is 55.4 Å². The number of benzene rings is 1. The summed E-state index contributed by atoms with van der Waals surface area (Å²) in [5.41, 5.74) is -0.676. The Morgan fingerprint density at radius 2 is 1.77 bits per heavy atom. The highest BCUT2D eigenvalue weighted by Crippen LogP contribution is 2.28. The normalized spacial score (nSPS) is 16.4. The van der Waals surface area contributed by atoms with Crippen LogP contribution in [0.4, 0.5) is 8.78 Å². The van der Waals surface area contributed by atoms with Crippen LogP contribution in [0, 0.1) is 17.6 Å². The van der Waals surface area contributed by atoms with Crippen LogP contribution in [0.1, 0.15) is 48.0 Å². The Bertz CT molecular complexity index is 847. The molecule has 2 heterocycles. The third-order valence-corrected chi connectivity index (χ3v) is 6.32. The molecular weight excluding hydrogens is 408 g/mol. The Hall–Kier alpha value is -2.32. The molecule has 1 aromatic heterocycles. The molecule has 1 saturated heterocycles. The average molecular weight is 436 g/mol. The highest BCUT2D eigenvalue weighted by atomic mass is 32.1. The Morgan fingerprint density at radius 1 is 1.10 bits per heavy atom. The third-order valence-electron chi connectivity index (χ3n) is 5.35. The van der Waals surface area contributed by atoms with Gasteiger partial charge in [0.25, 0.3) is 5.91 Å². The second-order valence-electron chi connectivity index (χ2n) is 7.81. The van der Waals surface area contributed by atoms with Crippen LogP contribution < -0.4 is 10.6 Å². The van der Waals surface area contributed by atoms with E-state index in [0.29, 0.717) is 6.54 Å². The zero-order valence-electron chi connectivity index (χ0n) is 17.2. The molecule has 8 heteroatoms. The Labute approximate surface area is 179 Å². The summed E-state index contributed by atoms with van der Waals surface area (Å²) in [6.45, 7) is 5.93. The second kappa shape index (κ2) is 10.1. The van der Waals surface area contributed by atoms with Crippen molar-refractivity contribution in [2.45, 2.75) is 38.8 Å². The summed E-state index contributed by atoms with van der Waals surface area (Å²) in [6.07, 6.45) is 2.27. The average Bonchev–Trinajstić information content (AvgIpc) is 3.40. The Balaban J connectivity index is 1.68. The number of hydrogen-bond acceptors (Lipinski definition) is 4. The van der Waals surface area contributed by atoms with E-state index in [9.17, 15) is 18.4 Å². The lowest BCUT2D eigenvalue weighted by molar-refractivity contribution is -0.124. The van der Waals surface area contributed by atoms with E-state index in [1.54, 1.807) is 25.2 Å². The first-order valence-electron chi connectivity index (χ1n) is 10.2. The molecule has 1 aliphatic heterocycles. The van der Waals surface area contributed by atoms with Gasteiger partial charge in [0, 0.05) is 11.4 Å². The number of halogens is 2. The molecule has 0 aliphatic carbocycles. The highest BCUT2D eigenvalue weighted by molar-refractivity contribution is 7.10. The molecule has 2 N–H and O–H groups in total. The lowest BCUT2D eigenvalue weighted by Gasteiger charge is -2.28. The molecule has 162 valence electrons. The predicted octanol–water partition coefficient (Wildman–Crippen LogP) is 3.73. The lowest BCUT2D eigenvalue weighted by Crippen LogP contribution is -2.51. The molecule has 2 aromatic rings. The summed E-state index contributed by atoms with van der Waals surface area (Å²) in [6, 6.07) is 6.45. The zero-order chi connectivity index (χ0) is 21.7. The molecule has 0 unspecified atom stereocenters. The van der Waals surface area contributed by atoms with Crippen LogP contribution in [0.2, 0.25) is 0 Å². The van der Waals surface area contributed by atoms with Gasteiger partial charge in [-0.3, -0.25) is 14.5 Å². The number of thiophene rings is 1. The molecule has 5 nitrogen and oxygen atoms in total. The number of likely N-dealkylation sites (tertiary alicyclic amines) is 1. The summed E-state index contributed by atoms with van der Waals surface area (Å²) in [7, 11) is 0. The monoisotopic (exact) mass is 435 g/mol. The molecule has 0 bridgehead atoms. The number of amides is 2. The van der Waals surface area contributed by atoms with Crippen LogP contribution in [0.15, 0.2) is 35.7 Å². The van der Waals surface area contributed by atoms with E-state index >= 15 is 0 Å². The van der Waals surface area contributed by atoms with Crippen LogP contribution in [0.25, 0.3) is 0 Å². The first-order valence-corrected chi connectivity index (χ1v) is 11.1. The third kappa shape index (κ3) is 5.23. The fourth-order valence-corrected chi connectivity index (χ4v) is 4.57. The largest absolute Gasteiger partial charge is 0.352 e. The molecule has 0 saturated carbocycles. The zero-order valence-corrected chi connectivity index (χ0v) is 18.0. The topological polar surface area (TPSA) is 61.4 Å². The van der Waals surface area contributed by atoms with Crippen molar-refractivity contribution in [2.75, 3.05) is 19.6 Å². The number of carbonyl (C=O) groups is 2. The molecular formula is C22H27F2N3O2S. The number of carbonyl (C=O) groups excluding carboxylic acids is 2. The fourth-order valence-electron chi connectivity index (χ4n) is 3.71. The van der Waals surface area contributed by atoms with Gasteiger partial charge < -0.3 is 10.6 Å². The van der Waals surface area contributed by atoms with E-state index in [1.807, 2.05) is 11.4 Å². The molecule has 1 aliphatic rings. The van der Waals surface area contributed by atoms with Gasteiger partial charge in [-0.2, -0.15) is 0 Å². The van der Waals surface area contributed by atoms with E-state index < -0.39 is 29.1 Å². The van der Waals surface area contributed by atoms with Crippen molar-refractivity contribution in [3.63, 3.8) is 0 Å².